The lowest BCUT2D eigenvalue weighted by Crippen LogP contribution is -2.29. The van der Waals surface area contributed by atoms with Crippen molar-refractivity contribution in [3.8, 4) is 0 Å². The van der Waals surface area contributed by atoms with E-state index in [4.69, 9.17) is 0 Å². The van der Waals surface area contributed by atoms with Crippen molar-refractivity contribution < 1.29 is 9.18 Å². The highest BCUT2D eigenvalue weighted by molar-refractivity contribution is 9.10. The van der Waals surface area contributed by atoms with Gasteiger partial charge in [-0.25, -0.2) is 4.39 Å². The third-order valence-corrected chi connectivity index (χ3v) is 3.83. The Labute approximate surface area is 111 Å². The first-order valence-electron chi connectivity index (χ1n) is 4.84. The molecule has 0 spiro atoms. The topological polar surface area (TPSA) is 29.1 Å². The molecule has 1 aromatic rings. The third-order valence-electron chi connectivity index (χ3n) is 2.06. The van der Waals surface area contributed by atoms with Gasteiger partial charge < -0.3 is 5.32 Å². The van der Waals surface area contributed by atoms with Crippen LogP contribution in [0.15, 0.2) is 22.7 Å². The van der Waals surface area contributed by atoms with Gasteiger partial charge in [-0.15, -0.1) is 0 Å². The van der Waals surface area contributed by atoms with Gasteiger partial charge in [-0.05, 0) is 34.0 Å². The van der Waals surface area contributed by atoms with E-state index in [-0.39, 0.29) is 5.56 Å². The molecule has 0 saturated carbocycles. The molecule has 16 heavy (non-hydrogen) atoms. The number of nitrogens with one attached hydrogen (secondary N) is 1. The number of alkyl halides is 1. The summed E-state index contributed by atoms with van der Waals surface area (Å²) >= 11 is 6.48. The molecule has 88 valence electrons. The van der Waals surface area contributed by atoms with Crippen molar-refractivity contribution in [2.24, 2.45) is 5.92 Å². The van der Waals surface area contributed by atoms with E-state index in [0.717, 1.165) is 5.33 Å². The van der Waals surface area contributed by atoms with Gasteiger partial charge >= 0.3 is 0 Å². The maximum atomic E-state index is 13.4. The van der Waals surface area contributed by atoms with Crippen LogP contribution in [0.25, 0.3) is 0 Å². The highest BCUT2D eigenvalue weighted by Crippen LogP contribution is 2.19. The van der Waals surface area contributed by atoms with E-state index in [9.17, 15) is 9.18 Å². The minimum Gasteiger partial charge on any atom is -0.352 e. The molecule has 1 amide bonds. The summed E-state index contributed by atoms with van der Waals surface area (Å²) in [6.07, 6.45) is 0. The molecule has 0 heterocycles. The van der Waals surface area contributed by atoms with Crippen molar-refractivity contribution in [1.29, 1.82) is 0 Å². The Balaban J connectivity index is 2.73. The molecule has 0 aliphatic carbocycles. The predicted molar refractivity (Wildman–Crippen MR) is 69.4 cm³/mol. The van der Waals surface area contributed by atoms with Gasteiger partial charge in [-0.2, -0.15) is 0 Å². The molecule has 0 radical (unpaired) electrons. The number of carbonyl (C=O) groups is 1. The minimum atomic E-state index is -0.515. The molecule has 0 aliphatic rings. The average Bonchev–Trinajstić information content (AvgIpc) is 2.25. The summed E-state index contributed by atoms with van der Waals surface area (Å²) in [5.41, 5.74) is 0.0595. The maximum absolute atomic E-state index is 13.4. The molecule has 5 heteroatoms. The van der Waals surface area contributed by atoms with E-state index in [2.05, 4.69) is 37.2 Å². The van der Waals surface area contributed by atoms with Gasteiger partial charge in [0.25, 0.3) is 5.91 Å². The number of hydrogen-bond acceptors (Lipinski definition) is 1. The first kappa shape index (κ1) is 13.6. The van der Waals surface area contributed by atoms with Crippen molar-refractivity contribution in [3.63, 3.8) is 0 Å². The van der Waals surface area contributed by atoms with Crippen molar-refractivity contribution >= 4 is 37.8 Å². The van der Waals surface area contributed by atoms with E-state index in [1.807, 2.05) is 6.92 Å². The van der Waals surface area contributed by atoms with Gasteiger partial charge in [0.1, 0.15) is 5.82 Å². The Bertz CT molecular complexity index is 364. The summed E-state index contributed by atoms with van der Waals surface area (Å²) in [6, 6.07) is 4.47. The molecular formula is C11H12Br2FNO. The molecule has 0 aliphatic heterocycles. The molecule has 0 aromatic heterocycles. The van der Waals surface area contributed by atoms with Gasteiger partial charge in [-0.3, -0.25) is 4.79 Å². The number of rotatable bonds is 4. The van der Waals surface area contributed by atoms with Crippen LogP contribution in [-0.4, -0.2) is 17.8 Å². The molecular weight excluding hydrogens is 341 g/mol. The molecule has 1 aromatic carbocycles. The fourth-order valence-electron chi connectivity index (χ4n) is 1.12. The van der Waals surface area contributed by atoms with Crippen LogP contribution in [0.2, 0.25) is 0 Å². The minimum absolute atomic E-state index is 0.0595. The van der Waals surface area contributed by atoms with Crippen LogP contribution in [-0.2, 0) is 0 Å². The number of halogens is 3. The van der Waals surface area contributed by atoms with Crippen LogP contribution in [0.3, 0.4) is 0 Å². The first-order chi connectivity index (χ1) is 7.56. The van der Waals surface area contributed by atoms with Crippen LogP contribution in [0.5, 0.6) is 0 Å². The Morgan fingerprint density at radius 2 is 2.25 bits per heavy atom. The van der Waals surface area contributed by atoms with E-state index >= 15 is 0 Å². The fraction of sp³-hybridized carbons (Fsp3) is 0.364. The zero-order chi connectivity index (χ0) is 12.1. The Hall–Kier alpha value is -0.420. The van der Waals surface area contributed by atoms with Crippen molar-refractivity contribution in [2.45, 2.75) is 6.92 Å². The third kappa shape index (κ3) is 3.56. The molecule has 0 saturated heterocycles. The molecule has 2 nitrogen and oxygen atoms in total. The molecule has 1 N–H and O–H groups in total. The van der Waals surface area contributed by atoms with Gasteiger partial charge in [0.2, 0.25) is 0 Å². The summed E-state index contributed by atoms with van der Waals surface area (Å²) in [5.74, 6) is -0.592. The van der Waals surface area contributed by atoms with Crippen LogP contribution in [0.4, 0.5) is 4.39 Å². The monoisotopic (exact) mass is 351 g/mol. The fourth-order valence-corrected chi connectivity index (χ4v) is 1.88. The maximum Gasteiger partial charge on any atom is 0.255 e. The zero-order valence-electron chi connectivity index (χ0n) is 8.77. The summed E-state index contributed by atoms with van der Waals surface area (Å²) in [6.45, 7) is 2.51. The highest BCUT2D eigenvalue weighted by Gasteiger charge is 2.15. The lowest BCUT2D eigenvalue weighted by molar-refractivity contribution is 0.0944. The second-order valence-electron chi connectivity index (χ2n) is 3.57. The number of carbonyl (C=O) groups excluding carboxylic acids is 1. The lowest BCUT2D eigenvalue weighted by atomic mass is 10.2. The second kappa shape index (κ2) is 6.35. The lowest BCUT2D eigenvalue weighted by Gasteiger charge is -2.10. The number of amides is 1. The largest absolute Gasteiger partial charge is 0.352 e. The molecule has 1 unspecified atom stereocenters. The molecule has 1 rings (SSSR count). The van der Waals surface area contributed by atoms with Crippen LogP contribution < -0.4 is 5.32 Å². The van der Waals surface area contributed by atoms with E-state index < -0.39 is 11.7 Å². The smallest absolute Gasteiger partial charge is 0.255 e. The first-order valence-corrected chi connectivity index (χ1v) is 6.76. The van der Waals surface area contributed by atoms with Gasteiger partial charge in [0, 0.05) is 16.3 Å². The predicted octanol–water partition coefficient (Wildman–Crippen LogP) is 3.35. The highest BCUT2D eigenvalue weighted by atomic mass is 79.9. The Morgan fingerprint density at radius 1 is 1.56 bits per heavy atom. The molecule has 0 fully saturated rings. The molecule has 1 atom stereocenters. The Morgan fingerprint density at radius 3 is 2.81 bits per heavy atom. The SMILES string of the molecule is CC(CBr)CNC(=O)c1c(F)cccc1Br. The average molecular weight is 353 g/mol. The summed E-state index contributed by atoms with van der Waals surface area (Å²) in [4.78, 5) is 11.7. The zero-order valence-corrected chi connectivity index (χ0v) is 11.9. The molecule has 0 bridgehead atoms. The van der Waals surface area contributed by atoms with E-state index in [1.54, 1.807) is 12.1 Å². The quantitative estimate of drug-likeness (QED) is 0.827. The summed E-state index contributed by atoms with van der Waals surface area (Å²) in [7, 11) is 0. The van der Waals surface area contributed by atoms with Crippen LogP contribution in [0.1, 0.15) is 17.3 Å². The Kier molecular flexibility index (Phi) is 5.41. The van der Waals surface area contributed by atoms with E-state index in [1.165, 1.54) is 6.07 Å². The van der Waals surface area contributed by atoms with Gasteiger partial charge in [0.15, 0.2) is 0 Å². The summed E-state index contributed by atoms with van der Waals surface area (Å²) < 4.78 is 13.9. The van der Waals surface area contributed by atoms with Crippen molar-refractivity contribution in [2.75, 3.05) is 11.9 Å². The number of hydrogen-bond donors (Lipinski definition) is 1. The van der Waals surface area contributed by atoms with Crippen molar-refractivity contribution in [1.82, 2.24) is 5.32 Å². The van der Waals surface area contributed by atoms with Gasteiger partial charge in [0.05, 0.1) is 5.56 Å². The van der Waals surface area contributed by atoms with Crippen molar-refractivity contribution in [3.05, 3.63) is 34.1 Å². The number of benzene rings is 1. The summed E-state index contributed by atoms with van der Waals surface area (Å²) in [5, 5.41) is 3.49. The second-order valence-corrected chi connectivity index (χ2v) is 5.07. The van der Waals surface area contributed by atoms with Crippen LogP contribution in [0, 0.1) is 11.7 Å². The van der Waals surface area contributed by atoms with E-state index in [0.29, 0.717) is 16.9 Å². The normalized spacial score (nSPS) is 12.2. The standard InChI is InChI=1S/C11H12Br2FNO/c1-7(5-12)6-15-11(16)10-8(13)3-2-4-9(10)14/h2-4,7H,5-6H2,1H3,(H,15,16). The van der Waals surface area contributed by atoms with Crippen LogP contribution >= 0.6 is 31.9 Å². The van der Waals surface area contributed by atoms with Gasteiger partial charge in [-0.1, -0.05) is 28.9 Å².